The number of hydrogen-bond acceptors (Lipinski definition) is 6. The maximum absolute atomic E-state index is 6.11. The topological polar surface area (TPSA) is 65.7 Å². The van der Waals surface area contributed by atoms with Crippen molar-refractivity contribution in [1.29, 1.82) is 0 Å². The second-order valence-corrected chi connectivity index (χ2v) is 8.14. The Kier molecular flexibility index (Phi) is 5.48. The van der Waals surface area contributed by atoms with E-state index < -0.39 is 0 Å². The van der Waals surface area contributed by atoms with Gasteiger partial charge in [0, 0.05) is 18.7 Å². The lowest BCUT2D eigenvalue weighted by atomic mass is 9.96. The van der Waals surface area contributed by atoms with Crippen molar-refractivity contribution in [2.24, 2.45) is 7.05 Å². The SMILES string of the molecule is Cn1c(COc2ccccc2Cl)nnc1Sc1ccnc(C(C)(C)C)n1. The summed E-state index contributed by atoms with van der Waals surface area (Å²) in [5, 5.41) is 10.6. The molecule has 0 aliphatic heterocycles. The largest absolute Gasteiger partial charge is 0.484 e. The fourth-order valence-corrected chi connectivity index (χ4v) is 3.08. The molecule has 0 fully saturated rings. The summed E-state index contributed by atoms with van der Waals surface area (Å²) >= 11 is 7.55. The van der Waals surface area contributed by atoms with Crippen molar-refractivity contribution in [2.75, 3.05) is 0 Å². The van der Waals surface area contributed by atoms with E-state index in [1.807, 2.05) is 35.9 Å². The summed E-state index contributed by atoms with van der Waals surface area (Å²) in [5.74, 6) is 2.13. The molecule has 6 nitrogen and oxygen atoms in total. The van der Waals surface area contributed by atoms with Gasteiger partial charge in [-0.05, 0) is 30.0 Å². The normalized spacial score (nSPS) is 11.6. The number of para-hydroxylation sites is 1. The number of nitrogens with zero attached hydrogens (tertiary/aromatic N) is 5. The van der Waals surface area contributed by atoms with Crippen LogP contribution < -0.4 is 4.74 Å². The fourth-order valence-electron chi connectivity index (χ4n) is 2.12. The van der Waals surface area contributed by atoms with Crippen LogP contribution in [0.15, 0.2) is 46.7 Å². The second kappa shape index (κ2) is 7.63. The monoisotopic (exact) mass is 389 g/mol. The molecule has 3 aromatic rings. The minimum Gasteiger partial charge on any atom is -0.484 e. The highest BCUT2D eigenvalue weighted by Crippen LogP contribution is 2.27. The van der Waals surface area contributed by atoms with Crippen LogP contribution in [0.25, 0.3) is 0 Å². The molecule has 3 rings (SSSR count). The highest BCUT2D eigenvalue weighted by molar-refractivity contribution is 7.99. The standard InChI is InChI=1S/C18H20ClN5OS/c1-18(2,3)16-20-10-9-15(21-16)26-17-23-22-14(24(17)4)11-25-13-8-6-5-7-12(13)19/h5-10H,11H2,1-4H3. The van der Waals surface area contributed by atoms with Crippen LogP contribution in [0.5, 0.6) is 5.75 Å². The van der Waals surface area contributed by atoms with E-state index in [4.69, 9.17) is 16.3 Å². The van der Waals surface area contributed by atoms with E-state index >= 15 is 0 Å². The smallest absolute Gasteiger partial charge is 0.197 e. The number of aromatic nitrogens is 5. The van der Waals surface area contributed by atoms with E-state index in [0.717, 1.165) is 16.0 Å². The summed E-state index contributed by atoms with van der Waals surface area (Å²) in [7, 11) is 1.90. The Morgan fingerprint density at radius 3 is 2.65 bits per heavy atom. The zero-order chi connectivity index (χ0) is 18.7. The Labute approximate surface area is 162 Å². The van der Waals surface area contributed by atoms with Gasteiger partial charge in [-0.25, -0.2) is 9.97 Å². The molecule has 0 saturated carbocycles. The van der Waals surface area contributed by atoms with Gasteiger partial charge in [0.25, 0.3) is 0 Å². The molecule has 0 aliphatic rings. The molecule has 1 aromatic carbocycles. The molecule has 2 aromatic heterocycles. The zero-order valence-corrected chi connectivity index (χ0v) is 16.7. The third-order valence-corrected chi connectivity index (χ3v) is 4.90. The Balaban J connectivity index is 1.72. The molecule has 0 radical (unpaired) electrons. The lowest BCUT2D eigenvalue weighted by molar-refractivity contribution is 0.290. The Morgan fingerprint density at radius 2 is 1.92 bits per heavy atom. The molecule has 0 aliphatic carbocycles. The Hall–Kier alpha value is -2.12. The van der Waals surface area contributed by atoms with Crippen molar-refractivity contribution in [3.63, 3.8) is 0 Å². The van der Waals surface area contributed by atoms with Crippen LogP contribution >= 0.6 is 23.4 Å². The number of hydrogen-bond donors (Lipinski definition) is 0. The van der Waals surface area contributed by atoms with E-state index in [9.17, 15) is 0 Å². The maximum Gasteiger partial charge on any atom is 0.197 e. The van der Waals surface area contributed by atoms with Crippen molar-refractivity contribution in [3.05, 3.63) is 53.2 Å². The lowest BCUT2D eigenvalue weighted by Crippen LogP contribution is -2.15. The van der Waals surface area contributed by atoms with Crippen LogP contribution in [-0.2, 0) is 19.1 Å². The fraction of sp³-hybridized carbons (Fsp3) is 0.333. The maximum atomic E-state index is 6.11. The predicted molar refractivity (Wildman–Crippen MR) is 102 cm³/mol. The molecule has 2 heterocycles. The summed E-state index contributed by atoms with van der Waals surface area (Å²) in [6.07, 6.45) is 1.77. The number of ether oxygens (including phenoxy) is 1. The second-order valence-electron chi connectivity index (χ2n) is 6.75. The van der Waals surface area contributed by atoms with Crippen LogP contribution in [0.2, 0.25) is 5.02 Å². The molecule has 0 saturated heterocycles. The quantitative estimate of drug-likeness (QED) is 0.606. The van der Waals surface area contributed by atoms with Crippen molar-refractivity contribution >= 4 is 23.4 Å². The summed E-state index contributed by atoms with van der Waals surface area (Å²) in [5.41, 5.74) is -0.107. The molecule has 26 heavy (non-hydrogen) atoms. The van der Waals surface area contributed by atoms with Crippen molar-refractivity contribution in [3.8, 4) is 5.75 Å². The predicted octanol–water partition coefficient (Wildman–Crippen LogP) is 4.29. The van der Waals surface area contributed by atoms with Gasteiger partial charge in [-0.1, -0.05) is 44.5 Å². The first kappa shape index (κ1) is 18.7. The molecule has 0 amide bonds. The van der Waals surface area contributed by atoms with Gasteiger partial charge in [0.15, 0.2) is 11.0 Å². The van der Waals surface area contributed by atoms with Gasteiger partial charge in [0.2, 0.25) is 0 Å². The first-order valence-corrected chi connectivity index (χ1v) is 9.31. The van der Waals surface area contributed by atoms with Gasteiger partial charge in [-0.2, -0.15) is 0 Å². The molecule has 136 valence electrons. The van der Waals surface area contributed by atoms with Crippen LogP contribution in [0.3, 0.4) is 0 Å². The zero-order valence-electron chi connectivity index (χ0n) is 15.1. The first-order valence-electron chi connectivity index (χ1n) is 8.11. The summed E-state index contributed by atoms with van der Waals surface area (Å²) < 4.78 is 7.63. The van der Waals surface area contributed by atoms with Crippen LogP contribution in [0.4, 0.5) is 0 Å². The molecule has 0 atom stereocenters. The van der Waals surface area contributed by atoms with Gasteiger partial charge < -0.3 is 9.30 Å². The number of rotatable bonds is 5. The summed E-state index contributed by atoms with van der Waals surface area (Å²) in [6.45, 7) is 6.54. The van der Waals surface area contributed by atoms with Gasteiger partial charge in [-0.3, -0.25) is 0 Å². The number of halogens is 1. The van der Waals surface area contributed by atoms with E-state index in [-0.39, 0.29) is 12.0 Å². The Morgan fingerprint density at radius 1 is 1.15 bits per heavy atom. The highest BCUT2D eigenvalue weighted by Gasteiger charge is 2.18. The molecule has 0 bridgehead atoms. The van der Waals surface area contributed by atoms with Gasteiger partial charge in [0.1, 0.15) is 23.2 Å². The summed E-state index contributed by atoms with van der Waals surface area (Å²) in [6, 6.07) is 9.22. The third kappa shape index (κ3) is 4.34. The molecular weight excluding hydrogens is 370 g/mol. The summed E-state index contributed by atoms with van der Waals surface area (Å²) in [4.78, 5) is 8.97. The van der Waals surface area contributed by atoms with E-state index in [2.05, 4.69) is 40.9 Å². The first-order chi connectivity index (χ1) is 12.3. The van der Waals surface area contributed by atoms with Gasteiger partial charge in [0.05, 0.1) is 5.02 Å². The average Bonchev–Trinajstić information content (AvgIpc) is 2.94. The molecule has 0 unspecified atom stereocenters. The van der Waals surface area contributed by atoms with Gasteiger partial charge in [-0.15, -0.1) is 10.2 Å². The van der Waals surface area contributed by atoms with Crippen LogP contribution in [0, 0.1) is 0 Å². The third-order valence-electron chi connectivity index (χ3n) is 3.62. The molecule has 0 N–H and O–H groups in total. The number of benzene rings is 1. The Bertz CT molecular complexity index is 907. The molecular formula is C18H20ClN5OS. The molecule has 8 heteroatoms. The van der Waals surface area contributed by atoms with E-state index in [1.165, 1.54) is 11.8 Å². The average molecular weight is 390 g/mol. The van der Waals surface area contributed by atoms with Crippen LogP contribution in [-0.4, -0.2) is 24.7 Å². The van der Waals surface area contributed by atoms with Crippen molar-refractivity contribution < 1.29 is 4.74 Å². The minimum atomic E-state index is -0.107. The highest BCUT2D eigenvalue weighted by atomic mass is 35.5. The van der Waals surface area contributed by atoms with Crippen molar-refractivity contribution in [1.82, 2.24) is 24.7 Å². The van der Waals surface area contributed by atoms with E-state index in [1.54, 1.807) is 12.3 Å². The van der Waals surface area contributed by atoms with Crippen LogP contribution in [0.1, 0.15) is 32.4 Å². The molecule has 0 spiro atoms. The van der Waals surface area contributed by atoms with E-state index in [0.29, 0.717) is 16.6 Å². The minimum absolute atomic E-state index is 0.107. The van der Waals surface area contributed by atoms with Gasteiger partial charge >= 0.3 is 0 Å². The lowest BCUT2D eigenvalue weighted by Gasteiger charge is -2.16. The van der Waals surface area contributed by atoms with Crippen molar-refractivity contribution in [2.45, 2.75) is 43.0 Å².